The second-order valence-corrected chi connectivity index (χ2v) is 5.75. The third kappa shape index (κ3) is 4.60. The molecule has 1 amide bonds. The number of amides is 1. The number of ether oxygens (including phenoxy) is 1. The summed E-state index contributed by atoms with van der Waals surface area (Å²) in [4.78, 5) is 16.2. The fourth-order valence-electron chi connectivity index (χ4n) is 2.54. The summed E-state index contributed by atoms with van der Waals surface area (Å²) in [6.07, 6.45) is 1.66. The first-order valence-electron chi connectivity index (χ1n) is 8.43. The highest BCUT2D eigenvalue weighted by atomic mass is 16.5. The van der Waals surface area contributed by atoms with Crippen LogP contribution in [0.5, 0.6) is 5.75 Å². The molecule has 5 heteroatoms. The molecule has 0 fully saturated rings. The second-order valence-electron chi connectivity index (χ2n) is 5.75. The Bertz CT molecular complexity index is 866. The average Bonchev–Trinajstić information content (AvgIpc) is 2.71. The van der Waals surface area contributed by atoms with Gasteiger partial charge >= 0.3 is 0 Å². The minimum Gasteiger partial charge on any atom is -0.489 e. The molecule has 3 rings (SSSR count). The van der Waals surface area contributed by atoms with Crippen molar-refractivity contribution in [2.45, 2.75) is 13.2 Å². The summed E-state index contributed by atoms with van der Waals surface area (Å²) in [5.41, 5.74) is 2.69. The van der Waals surface area contributed by atoms with E-state index >= 15 is 0 Å². The average molecular weight is 347 g/mol. The van der Waals surface area contributed by atoms with Crippen LogP contribution < -0.4 is 15.4 Å². The highest BCUT2D eigenvalue weighted by Gasteiger charge is 2.10. The van der Waals surface area contributed by atoms with E-state index in [4.69, 9.17) is 4.74 Å². The zero-order chi connectivity index (χ0) is 18.2. The number of pyridine rings is 1. The number of hydrogen-bond donors (Lipinski definition) is 2. The van der Waals surface area contributed by atoms with Crippen LogP contribution in [-0.4, -0.2) is 17.9 Å². The zero-order valence-electron chi connectivity index (χ0n) is 14.6. The highest BCUT2D eigenvalue weighted by molar-refractivity contribution is 5.98. The number of carbonyl (C=O) groups excluding carboxylic acids is 1. The maximum atomic E-state index is 11.9. The zero-order valence-corrected chi connectivity index (χ0v) is 14.6. The molecule has 2 N–H and O–H groups in total. The van der Waals surface area contributed by atoms with Crippen molar-refractivity contribution in [1.29, 1.82) is 0 Å². The molecule has 1 heterocycles. The van der Waals surface area contributed by atoms with Crippen LogP contribution in [0.2, 0.25) is 0 Å². The molecular weight excluding hydrogens is 326 g/mol. The van der Waals surface area contributed by atoms with E-state index in [-0.39, 0.29) is 5.91 Å². The predicted molar refractivity (Wildman–Crippen MR) is 102 cm³/mol. The molecule has 5 nitrogen and oxygen atoms in total. The van der Waals surface area contributed by atoms with Crippen LogP contribution in [0.1, 0.15) is 21.5 Å². The molecule has 26 heavy (non-hydrogen) atoms. The van der Waals surface area contributed by atoms with Gasteiger partial charge in [-0.1, -0.05) is 42.5 Å². The van der Waals surface area contributed by atoms with Crippen LogP contribution in [0.3, 0.4) is 0 Å². The largest absolute Gasteiger partial charge is 0.489 e. The Balaban J connectivity index is 1.63. The number of nitrogens with one attached hydrogen (secondary N) is 2. The van der Waals surface area contributed by atoms with Crippen molar-refractivity contribution in [2.24, 2.45) is 0 Å². The monoisotopic (exact) mass is 347 g/mol. The summed E-state index contributed by atoms with van der Waals surface area (Å²) in [6, 6.07) is 21.4. The van der Waals surface area contributed by atoms with Crippen molar-refractivity contribution >= 4 is 11.7 Å². The van der Waals surface area contributed by atoms with Gasteiger partial charge in [-0.3, -0.25) is 4.79 Å². The molecule has 0 bridgehead atoms. The molecule has 3 aromatic rings. The van der Waals surface area contributed by atoms with Crippen molar-refractivity contribution in [1.82, 2.24) is 10.3 Å². The molecule has 1 aromatic heterocycles. The molecule has 0 saturated carbocycles. The Morgan fingerprint density at radius 3 is 2.62 bits per heavy atom. The topological polar surface area (TPSA) is 63.2 Å². The summed E-state index contributed by atoms with van der Waals surface area (Å²) in [5, 5.41) is 5.84. The minimum atomic E-state index is -0.166. The number of nitrogens with zero attached hydrogens (tertiary/aromatic N) is 1. The van der Waals surface area contributed by atoms with Crippen LogP contribution in [0.25, 0.3) is 0 Å². The summed E-state index contributed by atoms with van der Waals surface area (Å²) >= 11 is 0. The maximum Gasteiger partial charge on any atom is 0.254 e. The first-order valence-corrected chi connectivity index (χ1v) is 8.43. The molecule has 2 aromatic carbocycles. The third-order valence-corrected chi connectivity index (χ3v) is 3.89. The molecule has 0 aliphatic heterocycles. The summed E-state index contributed by atoms with van der Waals surface area (Å²) in [7, 11) is 1.60. The van der Waals surface area contributed by atoms with Gasteiger partial charge in [-0.15, -0.1) is 0 Å². The molecule has 0 unspecified atom stereocenters. The first-order chi connectivity index (χ1) is 12.8. The van der Waals surface area contributed by atoms with E-state index in [2.05, 4.69) is 15.6 Å². The van der Waals surface area contributed by atoms with E-state index in [1.54, 1.807) is 25.4 Å². The Labute approximate surface area is 153 Å². The molecule has 0 radical (unpaired) electrons. The van der Waals surface area contributed by atoms with Crippen LogP contribution in [0.4, 0.5) is 5.82 Å². The van der Waals surface area contributed by atoms with Crippen LogP contribution in [0, 0.1) is 0 Å². The first kappa shape index (κ1) is 17.5. The molecular formula is C21H21N3O2. The highest BCUT2D eigenvalue weighted by Crippen LogP contribution is 2.17. The van der Waals surface area contributed by atoms with Gasteiger partial charge in [0.1, 0.15) is 18.2 Å². The number of benzene rings is 2. The maximum absolute atomic E-state index is 11.9. The number of rotatable bonds is 7. The molecule has 0 saturated heterocycles. The van der Waals surface area contributed by atoms with Gasteiger partial charge in [0.15, 0.2) is 0 Å². The van der Waals surface area contributed by atoms with E-state index in [0.717, 1.165) is 16.9 Å². The molecule has 0 atom stereocenters. The molecule has 0 aliphatic rings. The quantitative estimate of drug-likeness (QED) is 0.685. The van der Waals surface area contributed by atoms with Crippen molar-refractivity contribution in [2.75, 3.05) is 12.4 Å². The molecule has 0 aliphatic carbocycles. The van der Waals surface area contributed by atoms with E-state index < -0.39 is 0 Å². The van der Waals surface area contributed by atoms with Gasteiger partial charge in [0.05, 0.1) is 5.56 Å². The normalized spacial score (nSPS) is 10.2. The van der Waals surface area contributed by atoms with Gasteiger partial charge in [0.2, 0.25) is 0 Å². The molecule has 132 valence electrons. The van der Waals surface area contributed by atoms with E-state index in [1.165, 1.54) is 0 Å². The van der Waals surface area contributed by atoms with Crippen LogP contribution in [-0.2, 0) is 13.2 Å². The van der Waals surface area contributed by atoms with Gasteiger partial charge in [0.25, 0.3) is 5.91 Å². The van der Waals surface area contributed by atoms with Gasteiger partial charge in [-0.25, -0.2) is 4.98 Å². The smallest absolute Gasteiger partial charge is 0.254 e. The van der Waals surface area contributed by atoms with Gasteiger partial charge in [-0.05, 0) is 35.4 Å². The summed E-state index contributed by atoms with van der Waals surface area (Å²) < 4.78 is 5.86. The van der Waals surface area contributed by atoms with Gasteiger partial charge < -0.3 is 15.4 Å². The van der Waals surface area contributed by atoms with Crippen molar-refractivity contribution < 1.29 is 9.53 Å². The fourth-order valence-corrected chi connectivity index (χ4v) is 2.54. The minimum absolute atomic E-state index is 0.166. The lowest BCUT2D eigenvalue weighted by Gasteiger charge is -2.11. The van der Waals surface area contributed by atoms with E-state index in [0.29, 0.717) is 24.5 Å². The standard InChI is InChI=1S/C21H21N3O2/c1-22-21(25)19-11-6-12-23-20(19)24-14-17-9-5-10-18(13-17)26-15-16-7-3-2-4-8-16/h2-13H,14-15H2,1H3,(H,22,25)(H,23,24). The lowest BCUT2D eigenvalue weighted by Crippen LogP contribution is -2.20. The number of hydrogen-bond acceptors (Lipinski definition) is 4. The lowest BCUT2D eigenvalue weighted by molar-refractivity contribution is 0.0963. The van der Waals surface area contributed by atoms with Crippen LogP contribution >= 0.6 is 0 Å². The van der Waals surface area contributed by atoms with Gasteiger partial charge in [-0.2, -0.15) is 0 Å². The summed E-state index contributed by atoms with van der Waals surface area (Å²) in [5.74, 6) is 1.20. The number of carbonyl (C=O) groups is 1. The molecule has 0 spiro atoms. The number of aromatic nitrogens is 1. The Morgan fingerprint density at radius 1 is 1.00 bits per heavy atom. The predicted octanol–water partition coefficient (Wildman–Crippen LogP) is 3.63. The van der Waals surface area contributed by atoms with Gasteiger partial charge in [0, 0.05) is 19.8 Å². The second kappa shape index (κ2) is 8.67. The van der Waals surface area contributed by atoms with Crippen LogP contribution in [0.15, 0.2) is 72.9 Å². The van der Waals surface area contributed by atoms with Crippen molar-refractivity contribution in [3.63, 3.8) is 0 Å². The Morgan fingerprint density at radius 2 is 1.81 bits per heavy atom. The van der Waals surface area contributed by atoms with Crippen molar-refractivity contribution in [3.8, 4) is 5.75 Å². The Hall–Kier alpha value is -3.34. The lowest BCUT2D eigenvalue weighted by atomic mass is 10.2. The van der Waals surface area contributed by atoms with E-state index in [1.807, 2.05) is 54.6 Å². The third-order valence-electron chi connectivity index (χ3n) is 3.89. The van der Waals surface area contributed by atoms with E-state index in [9.17, 15) is 4.79 Å². The SMILES string of the molecule is CNC(=O)c1cccnc1NCc1cccc(OCc2ccccc2)c1. The van der Waals surface area contributed by atoms with Crippen molar-refractivity contribution in [3.05, 3.63) is 89.6 Å². The number of anilines is 1. The fraction of sp³-hybridized carbons (Fsp3) is 0.143. The summed E-state index contributed by atoms with van der Waals surface area (Å²) in [6.45, 7) is 1.07. The Kier molecular flexibility index (Phi) is 5.83.